The first-order chi connectivity index (χ1) is 10.6. The first-order valence-electron chi connectivity index (χ1n) is 6.94. The summed E-state index contributed by atoms with van der Waals surface area (Å²) in [4.78, 5) is 26.1. The van der Waals surface area contributed by atoms with Crippen LogP contribution in [0.3, 0.4) is 0 Å². The standard InChI is InChI=1S/C15H12Cl2N2O3/c16-8-2-1-7(5-9(8)17)18-6-19-14(20)12-10-3-4-11(22-10)13(12)15(19)21/h1-5,10-13,18H,6H2/t10-,11+,12-,13-/m1/s1. The zero-order valence-electron chi connectivity index (χ0n) is 11.3. The van der Waals surface area contributed by atoms with Crippen LogP contribution in [0.15, 0.2) is 30.4 Å². The largest absolute Gasteiger partial charge is 0.367 e. The maximum atomic E-state index is 12.4. The van der Waals surface area contributed by atoms with Gasteiger partial charge in [0.25, 0.3) is 0 Å². The van der Waals surface area contributed by atoms with E-state index >= 15 is 0 Å². The average Bonchev–Trinajstić information content (AvgIpc) is 3.16. The molecule has 3 aliphatic rings. The van der Waals surface area contributed by atoms with Crippen LogP contribution >= 0.6 is 23.2 Å². The van der Waals surface area contributed by atoms with Crippen molar-refractivity contribution >= 4 is 40.7 Å². The summed E-state index contributed by atoms with van der Waals surface area (Å²) < 4.78 is 5.59. The number of ether oxygens (including phenoxy) is 1. The van der Waals surface area contributed by atoms with Crippen molar-refractivity contribution in [1.82, 2.24) is 4.90 Å². The summed E-state index contributed by atoms with van der Waals surface area (Å²) in [5.41, 5.74) is 0.699. The lowest BCUT2D eigenvalue weighted by molar-refractivity contribution is -0.141. The van der Waals surface area contributed by atoms with Crippen molar-refractivity contribution < 1.29 is 14.3 Å². The average molecular weight is 339 g/mol. The van der Waals surface area contributed by atoms with E-state index in [-0.39, 0.29) is 42.5 Å². The number of likely N-dealkylation sites (tertiary alicyclic amines) is 1. The summed E-state index contributed by atoms with van der Waals surface area (Å²) in [5.74, 6) is -1.12. The number of carbonyl (C=O) groups is 2. The van der Waals surface area contributed by atoms with E-state index in [0.717, 1.165) is 0 Å². The SMILES string of the molecule is O=C1[C@H]2[C@H](C(=O)N1CNc1ccc(Cl)c(Cl)c1)[C@H]1C=C[C@@H]2O1. The summed E-state index contributed by atoms with van der Waals surface area (Å²) in [7, 11) is 0. The summed E-state index contributed by atoms with van der Waals surface area (Å²) in [6, 6.07) is 5.06. The second-order valence-corrected chi connectivity index (χ2v) is 6.38. The van der Waals surface area contributed by atoms with E-state index in [9.17, 15) is 9.59 Å². The molecule has 1 aromatic carbocycles. The van der Waals surface area contributed by atoms with E-state index in [1.165, 1.54) is 4.90 Å². The molecule has 1 aromatic rings. The Kier molecular flexibility index (Phi) is 3.18. The Morgan fingerprint density at radius 2 is 1.68 bits per heavy atom. The Balaban J connectivity index is 1.49. The quantitative estimate of drug-likeness (QED) is 0.678. The number of imide groups is 1. The predicted octanol–water partition coefficient (Wildman–Crippen LogP) is 2.30. The highest BCUT2D eigenvalue weighted by atomic mass is 35.5. The summed E-state index contributed by atoms with van der Waals surface area (Å²) in [6.07, 6.45) is 3.21. The Morgan fingerprint density at radius 3 is 2.27 bits per heavy atom. The monoisotopic (exact) mass is 338 g/mol. The fourth-order valence-electron chi connectivity index (χ4n) is 3.30. The number of nitrogens with one attached hydrogen (secondary N) is 1. The zero-order valence-corrected chi connectivity index (χ0v) is 12.8. The molecule has 1 N–H and O–H groups in total. The molecule has 0 radical (unpaired) electrons. The smallest absolute Gasteiger partial charge is 0.237 e. The molecule has 2 amide bonds. The van der Waals surface area contributed by atoms with E-state index in [1.807, 2.05) is 12.2 Å². The number of anilines is 1. The molecule has 2 bridgehead atoms. The van der Waals surface area contributed by atoms with Crippen molar-refractivity contribution in [3.8, 4) is 0 Å². The van der Waals surface area contributed by atoms with Crippen LogP contribution in [-0.4, -0.2) is 35.6 Å². The minimum absolute atomic E-state index is 0.113. The van der Waals surface area contributed by atoms with Crippen molar-refractivity contribution in [2.24, 2.45) is 11.8 Å². The Hall–Kier alpha value is -1.56. The Bertz CT molecular complexity index is 676. The van der Waals surface area contributed by atoms with E-state index in [1.54, 1.807) is 18.2 Å². The fourth-order valence-corrected chi connectivity index (χ4v) is 3.60. The Morgan fingerprint density at radius 1 is 1.05 bits per heavy atom. The molecule has 0 aliphatic carbocycles. The van der Waals surface area contributed by atoms with Crippen LogP contribution < -0.4 is 5.32 Å². The van der Waals surface area contributed by atoms with Crippen LogP contribution in [0.4, 0.5) is 5.69 Å². The van der Waals surface area contributed by atoms with E-state index in [2.05, 4.69) is 5.32 Å². The van der Waals surface area contributed by atoms with Crippen LogP contribution in [-0.2, 0) is 14.3 Å². The van der Waals surface area contributed by atoms with Gasteiger partial charge in [-0.1, -0.05) is 35.4 Å². The van der Waals surface area contributed by atoms with Crippen LogP contribution in [0.25, 0.3) is 0 Å². The van der Waals surface area contributed by atoms with Gasteiger partial charge in [0.15, 0.2) is 0 Å². The maximum Gasteiger partial charge on any atom is 0.237 e. The number of fused-ring (bicyclic) bond motifs is 5. The highest BCUT2D eigenvalue weighted by Gasteiger charge is 2.60. The van der Waals surface area contributed by atoms with Gasteiger partial charge in [-0.25, -0.2) is 0 Å². The first kappa shape index (κ1) is 14.1. The van der Waals surface area contributed by atoms with Crippen molar-refractivity contribution in [2.75, 3.05) is 12.0 Å². The molecule has 22 heavy (non-hydrogen) atoms. The van der Waals surface area contributed by atoms with Gasteiger partial charge in [-0.2, -0.15) is 0 Å². The molecule has 0 saturated carbocycles. The highest BCUT2D eigenvalue weighted by Crippen LogP contribution is 2.44. The van der Waals surface area contributed by atoms with E-state index in [0.29, 0.717) is 15.7 Å². The number of rotatable bonds is 3. The van der Waals surface area contributed by atoms with Crippen molar-refractivity contribution in [3.63, 3.8) is 0 Å². The Labute approximate surface area is 136 Å². The van der Waals surface area contributed by atoms with Gasteiger partial charge in [-0.05, 0) is 18.2 Å². The summed E-state index contributed by atoms with van der Waals surface area (Å²) in [6.45, 7) is 0.113. The third-order valence-electron chi connectivity index (χ3n) is 4.36. The summed E-state index contributed by atoms with van der Waals surface area (Å²) >= 11 is 11.8. The fraction of sp³-hybridized carbons (Fsp3) is 0.333. The van der Waals surface area contributed by atoms with Gasteiger partial charge >= 0.3 is 0 Å². The maximum absolute atomic E-state index is 12.4. The molecule has 2 saturated heterocycles. The number of hydrogen-bond donors (Lipinski definition) is 1. The minimum Gasteiger partial charge on any atom is -0.367 e. The van der Waals surface area contributed by atoms with Crippen molar-refractivity contribution in [1.29, 1.82) is 0 Å². The number of amides is 2. The van der Waals surface area contributed by atoms with E-state index in [4.69, 9.17) is 27.9 Å². The number of benzene rings is 1. The molecule has 3 heterocycles. The second-order valence-electron chi connectivity index (χ2n) is 5.57. The lowest BCUT2D eigenvalue weighted by atomic mass is 9.85. The molecule has 5 nitrogen and oxygen atoms in total. The number of hydrogen-bond acceptors (Lipinski definition) is 4. The topological polar surface area (TPSA) is 58.6 Å². The van der Waals surface area contributed by atoms with E-state index < -0.39 is 0 Å². The van der Waals surface area contributed by atoms with Crippen molar-refractivity contribution in [2.45, 2.75) is 12.2 Å². The number of halogens is 2. The molecular weight excluding hydrogens is 327 g/mol. The van der Waals surface area contributed by atoms with Gasteiger partial charge in [-0.3, -0.25) is 14.5 Å². The molecule has 7 heteroatoms. The van der Waals surface area contributed by atoms with Gasteiger partial charge in [0.2, 0.25) is 11.8 Å². The summed E-state index contributed by atoms with van der Waals surface area (Å²) in [5, 5.41) is 3.90. The van der Waals surface area contributed by atoms with Gasteiger partial charge in [0.1, 0.15) is 0 Å². The molecule has 4 atom stereocenters. The van der Waals surface area contributed by atoms with Crippen LogP contribution in [0.2, 0.25) is 10.0 Å². The number of nitrogens with zero attached hydrogens (tertiary/aromatic N) is 1. The third kappa shape index (κ3) is 1.96. The molecule has 2 fully saturated rings. The molecule has 4 rings (SSSR count). The second kappa shape index (κ2) is 4.98. The molecule has 114 valence electrons. The molecule has 0 spiro atoms. The lowest BCUT2D eigenvalue weighted by Gasteiger charge is -2.18. The predicted molar refractivity (Wildman–Crippen MR) is 81.6 cm³/mol. The van der Waals surface area contributed by atoms with Gasteiger partial charge in [0, 0.05) is 5.69 Å². The van der Waals surface area contributed by atoms with Gasteiger partial charge in [-0.15, -0.1) is 0 Å². The molecule has 0 unspecified atom stereocenters. The molecular formula is C15H12Cl2N2O3. The molecule has 3 aliphatic heterocycles. The normalized spacial score (nSPS) is 32.0. The number of carbonyl (C=O) groups excluding carboxylic acids is 2. The van der Waals surface area contributed by atoms with Crippen molar-refractivity contribution in [3.05, 3.63) is 40.4 Å². The zero-order chi connectivity index (χ0) is 15.4. The van der Waals surface area contributed by atoms with Crippen LogP contribution in [0.1, 0.15) is 0 Å². The minimum atomic E-state index is -0.377. The van der Waals surface area contributed by atoms with Gasteiger partial charge < -0.3 is 10.1 Å². The highest BCUT2D eigenvalue weighted by molar-refractivity contribution is 6.42. The van der Waals surface area contributed by atoms with Crippen LogP contribution in [0, 0.1) is 11.8 Å². The van der Waals surface area contributed by atoms with Crippen LogP contribution in [0.5, 0.6) is 0 Å². The first-order valence-corrected chi connectivity index (χ1v) is 7.70. The lowest BCUT2D eigenvalue weighted by Crippen LogP contribution is -2.38. The molecule has 0 aromatic heterocycles. The third-order valence-corrected chi connectivity index (χ3v) is 5.10. The van der Waals surface area contributed by atoms with Gasteiger partial charge in [0.05, 0.1) is 40.8 Å².